The lowest BCUT2D eigenvalue weighted by atomic mass is 10.2. The number of ether oxygens (including phenoxy) is 1. The van der Waals surface area contributed by atoms with Gasteiger partial charge in [-0.15, -0.1) is 0 Å². The normalized spacial score (nSPS) is 10.9. The first-order valence-corrected chi connectivity index (χ1v) is 8.95. The molecule has 3 aromatic carbocycles. The second-order valence-corrected chi connectivity index (χ2v) is 6.68. The minimum atomic E-state index is 0.465. The third-order valence-corrected chi connectivity index (χ3v) is 4.55. The molecule has 0 aliphatic carbocycles. The fourth-order valence-electron chi connectivity index (χ4n) is 2.20. The summed E-state index contributed by atoms with van der Waals surface area (Å²) in [4.78, 5) is 0. The molecule has 0 fully saturated rings. The van der Waals surface area contributed by atoms with Crippen molar-refractivity contribution < 1.29 is 4.74 Å². The van der Waals surface area contributed by atoms with Crippen LogP contribution in [-0.2, 0) is 6.61 Å². The molecule has 0 aliphatic heterocycles. The van der Waals surface area contributed by atoms with Gasteiger partial charge >= 0.3 is 0 Å². The standard InChI is InChI=1S/C20H15Cl3N2O/c21-17-8-7-16(11-18(17)22)25-24-12-15-6-9-20(19(23)10-15)26-13-14-4-2-1-3-5-14/h1-12,25H,13H2. The Balaban J connectivity index is 1.60. The summed E-state index contributed by atoms with van der Waals surface area (Å²) < 4.78 is 5.76. The van der Waals surface area contributed by atoms with Crippen molar-refractivity contribution in [2.75, 3.05) is 5.43 Å². The van der Waals surface area contributed by atoms with Crippen LogP contribution in [0.25, 0.3) is 0 Å². The molecule has 3 aromatic rings. The van der Waals surface area contributed by atoms with Gasteiger partial charge in [-0.3, -0.25) is 5.43 Å². The number of halogens is 3. The molecule has 0 saturated carbocycles. The summed E-state index contributed by atoms with van der Waals surface area (Å²) in [5.41, 5.74) is 5.56. The molecule has 0 aromatic heterocycles. The van der Waals surface area contributed by atoms with Crippen molar-refractivity contribution in [3.63, 3.8) is 0 Å². The minimum Gasteiger partial charge on any atom is -0.487 e. The van der Waals surface area contributed by atoms with Crippen molar-refractivity contribution in [2.24, 2.45) is 5.10 Å². The van der Waals surface area contributed by atoms with Crippen molar-refractivity contribution in [1.29, 1.82) is 0 Å². The van der Waals surface area contributed by atoms with Gasteiger partial charge in [-0.05, 0) is 47.5 Å². The van der Waals surface area contributed by atoms with E-state index in [0.717, 1.165) is 16.8 Å². The molecule has 0 bridgehead atoms. The Labute approximate surface area is 167 Å². The topological polar surface area (TPSA) is 33.6 Å². The second-order valence-electron chi connectivity index (χ2n) is 5.46. The van der Waals surface area contributed by atoms with Gasteiger partial charge in [0, 0.05) is 0 Å². The average Bonchev–Trinajstić information content (AvgIpc) is 2.65. The maximum Gasteiger partial charge on any atom is 0.138 e. The van der Waals surface area contributed by atoms with Gasteiger partial charge in [0.25, 0.3) is 0 Å². The quantitative estimate of drug-likeness (QED) is 0.367. The first-order chi connectivity index (χ1) is 12.6. The van der Waals surface area contributed by atoms with E-state index in [1.807, 2.05) is 42.5 Å². The van der Waals surface area contributed by atoms with Crippen molar-refractivity contribution in [2.45, 2.75) is 6.61 Å². The van der Waals surface area contributed by atoms with E-state index in [0.29, 0.717) is 27.4 Å². The van der Waals surface area contributed by atoms with Crippen LogP contribution in [0.5, 0.6) is 5.75 Å². The molecule has 0 spiro atoms. The Morgan fingerprint density at radius 2 is 1.65 bits per heavy atom. The van der Waals surface area contributed by atoms with Crippen molar-refractivity contribution in [3.05, 3.63) is 92.9 Å². The monoisotopic (exact) mass is 404 g/mol. The summed E-state index contributed by atoms with van der Waals surface area (Å²) in [5.74, 6) is 0.630. The highest BCUT2D eigenvalue weighted by atomic mass is 35.5. The van der Waals surface area contributed by atoms with Gasteiger partial charge in [-0.25, -0.2) is 0 Å². The van der Waals surface area contributed by atoms with Crippen LogP contribution in [0.2, 0.25) is 15.1 Å². The van der Waals surface area contributed by atoms with Crippen LogP contribution in [0.15, 0.2) is 71.8 Å². The van der Waals surface area contributed by atoms with Crippen LogP contribution < -0.4 is 10.2 Å². The fourth-order valence-corrected chi connectivity index (χ4v) is 2.74. The van der Waals surface area contributed by atoms with E-state index in [4.69, 9.17) is 39.5 Å². The SMILES string of the molecule is Clc1ccc(NN=Cc2ccc(OCc3ccccc3)c(Cl)c2)cc1Cl. The molecule has 26 heavy (non-hydrogen) atoms. The average molecular weight is 406 g/mol. The van der Waals surface area contributed by atoms with Crippen molar-refractivity contribution >= 4 is 46.7 Å². The van der Waals surface area contributed by atoms with E-state index in [9.17, 15) is 0 Å². The van der Waals surface area contributed by atoms with Gasteiger partial charge < -0.3 is 4.74 Å². The number of benzene rings is 3. The Kier molecular flexibility index (Phi) is 6.40. The highest BCUT2D eigenvalue weighted by Gasteiger charge is 2.03. The molecule has 0 radical (unpaired) electrons. The number of hydrogen-bond acceptors (Lipinski definition) is 3. The molecular weight excluding hydrogens is 391 g/mol. The predicted octanol–water partition coefficient (Wildman–Crippen LogP) is 6.67. The first-order valence-electron chi connectivity index (χ1n) is 7.82. The lowest BCUT2D eigenvalue weighted by Gasteiger charge is -2.08. The zero-order valence-corrected chi connectivity index (χ0v) is 15.9. The molecule has 132 valence electrons. The van der Waals surface area contributed by atoms with Crippen molar-refractivity contribution in [3.8, 4) is 5.75 Å². The minimum absolute atomic E-state index is 0.465. The molecule has 0 unspecified atom stereocenters. The number of rotatable bonds is 6. The van der Waals surface area contributed by atoms with E-state index in [2.05, 4.69) is 10.5 Å². The molecule has 0 amide bonds. The summed E-state index contributed by atoms with van der Waals surface area (Å²) in [5, 5.41) is 5.66. The molecule has 0 atom stereocenters. The van der Waals surface area contributed by atoms with E-state index in [-0.39, 0.29) is 0 Å². The van der Waals surface area contributed by atoms with Crippen LogP contribution in [0.3, 0.4) is 0 Å². The molecule has 0 aliphatic rings. The van der Waals surface area contributed by atoms with Crippen LogP contribution in [-0.4, -0.2) is 6.21 Å². The highest BCUT2D eigenvalue weighted by molar-refractivity contribution is 6.42. The van der Waals surface area contributed by atoms with Gasteiger partial charge in [0.05, 0.1) is 27.0 Å². The first kappa shape index (κ1) is 18.6. The highest BCUT2D eigenvalue weighted by Crippen LogP contribution is 2.26. The molecule has 0 saturated heterocycles. The molecule has 6 heteroatoms. The van der Waals surface area contributed by atoms with E-state index >= 15 is 0 Å². The molecule has 3 nitrogen and oxygen atoms in total. The van der Waals surface area contributed by atoms with Gasteiger partial charge in [-0.1, -0.05) is 65.1 Å². The molecule has 0 heterocycles. The largest absolute Gasteiger partial charge is 0.487 e. The molecule has 1 N–H and O–H groups in total. The van der Waals surface area contributed by atoms with Gasteiger partial charge in [0.1, 0.15) is 12.4 Å². The third kappa shape index (κ3) is 5.15. The maximum absolute atomic E-state index is 6.29. The van der Waals surface area contributed by atoms with E-state index in [1.54, 1.807) is 30.5 Å². The van der Waals surface area contributed by atoms with Gasteiger partial charge in [0.15, 0.2) is 0 Å². The Hall–Kier alpha value is -2.20. The Bertz CT molecular complexity index is 914. The molecular formula is C20H15Cl3N2O. The Morgan fingerprint density at radius 3 is 2.38 bits per heavy atom. The molecule has 3 rings (SSSR count). The van der Waals surface area contributed by atoms with Crippen LogP contribution >= 0.6 is 34.8 Å². The maximum atomic E-state index is 6.29. The van der Waals surface area contributed by atoms with Gasteiger partial charge in [-0.2, -0.15) is 5.10 Å². The third-order valence-electron chi connectivity index (χ3n) is 3.52. The van der Waals surface area contributed by atoms with Crippen LogP contribution in [0.1, 0.15) is 11.1 Å². The predicted molar refractivity (Wildman–Crippen MR) is 110 cm³/mol. The smallest absolute Gasteiger partial charge is 0.138 e. The lowest BCUT2D eigenvalue weighted by molar-refractivity contribution is 0.306. The fraction of sp³-hybridized carbons (Fsp3) is 0.0500. The second kappa shape index (κ2) is 8.95. The lowest BCUT2D eigenvalue weighted by Crippen LogP contribution is -1.96. The van der Waals surface area contributed by atoms with Crippen LogP contribution in [0.4, 0.5) is 5.69 Å². The number of hydrogen-bond donors (Lipinski definition) is 1. The van der Waals surface area contributed by atoms with E-state index in [1.165, 1.54) is 0 Å². The zero-order chi connectivity index (χ0) is 18.4. The number of nitrogens with one attached hydrogen (secondary N) is 1. The van der Waals surface area contributed by atoms with Crippen LogP contribution in [0, 0.1) is 0 Å². The number of nitrogens with zero attached hydrogens (tertiary/aromatic N) is 1. The summed E-state index contributed by atoms with van der Waals surface area (Å²) in [7, 11) is 0. The summed E-state index contributed by atoms with van der Waals surface area (Å²) in [6, 6.07) is 20.6. The van der Waals surface area contributed by atoms with E-state index < -0.39 is 0 Å². The Morgan fingerprint density at radius 1 is 0.846 bits per heavy atom. The number of anilines is 1. The zero-order valence-electron chi connectivity index (χ0n) is 13.6. The van der Waals surface area contributed by atoms with Crippen molar-refractivity contribution in [1.82, 2.24) is 0 Å². The summed E-state index contributed by atoms with van der Waals surface area (Å²) in [6.07, 6.45) is 1.66. The van der Waals surface area contributed by atoms with Gasteiger partial charge in [0.2, 0.25) is 0 Å². The summed E-state index contributed by atoms with van der Waals surface area (Å²) >= 11 is 18.1. The number of hydrazone groups is 1. The summed E-state index contributed by atoms with van der Waals surface area (Å²) in [6.45, 7) is 0.465.